The van der Waals surface area contributed by atoms with Crippen LogP contribution in [0.1, 0.15) is 0 Å². The quantitative estimate of drug-likeness (QED) is 0.0844. The van der Waals surface area contributed by atoms with Gasteiger partial charge in [-0.25, -0.2) is 9.97 Å². The number of rotatable bonds is 6. The Hall–Kier alpha value is -8.78. The van der Waals surface area contributed by atoms with Crippen LogP contribution < -0.4 is 0 Å². The van der Waals surface area contributed by atoms with E-state index in [4.69, 9.17) is 25.3 Å². The van der Waals surface area contributed by atoms with Crippen molar-refractivity contribution < 1.29 is 66.6 Å². The molecule has 0 unspecified atom stereocenters. The maximum Gasteiger partial charge on any atom is 2.00 e. The third kappa shape index (κ3) is 17.6. The van der Waals surface area contributed by atoms with Gasteiger partial charge in [-0.3, -0.25) is 19.9 Å². The number of benzene rings is 6. The second-order valence-corrected chi connectivity index (χ2v) is 16.5. The van der Waals surface area contributed by atoms with E-state index in [0.717, 1.165) is 78.0 Å². The molecule has 6 aromatic carbocycles. The van der Waals surface area contributed by atoms with Gasteiger partial charge in [0.25, 0.3) is 0 Å². The van der Waals surface area contributed by atoms with E-state index in [1.165, 1.54) is 54.2 Å². The van der Waals surface area contributed by atoms with E-state index in [-0.39, 0.29) is 16.8 Å². The normalized spacial score (nSPS) is 10.5. The summed E-state index contributed by atoms with van der Waals surface area (Å²) in [6, 6.07) is 70.9. The average molecular weight is 1150 g/mol. The fraction of sp³-hybridized carbons (Fsp3) is 0.0492. The van der Waals surface area contributed by atoms with Crippen molar-refractivity contribution in [3.05, 3.63) is 231 Å². The van der Waals surface area contributed by atoms with E-state index in [1.807, 2.05) is 72.8 Å². The van der Waals surface area contributed by atoms with Gasteiger partial charge in [0.15, 0.2) is 0 Å². The summed E-state index contributed by atoms with van der Waals surface area (Å²) in [5.41, 5.74) is 11.3. The van der Waals surface area contributed by atoms with E-state index >= 15 is 0 Å². The number of aliphatic hydroxyl groups excluding tert-OH is 3. The summed E-state index contributed by atoms with van der Waals surface area (Å²) in [4.78, 5) is 28.1. The summed E-state index contributed by atoms with van der Waals surface area (Å²) in [6.07, 6.45) is 7.21. The zero-order valence-electron chi connectivity index (χ0n) is 43.5. The Morgan fingerprint density at radius 1 is 0.272 bits per heavy atom. The van der Waals surface area contributed by atoms with E-state index < -0.39 is 14.5 Å². The number of fused-ring (bicyclic) bond motifs is 4. The molecule has 12 aromatic rings. The number of nitrogens with zero attached hydrogens (tertiary/aromatic N) is 6. The Balaban J connectivity index is 0.000000234. The van der Waals surface area contributed by atoms with Crippen LogP contribution in [0.2, 0.25) is 0 Å². The van der Waals surface area contributed by atoms with Crippen LogP contribution in [0.25, 0.3) is 111 Å². The van der Waals surface area contributed by atoms with Gasteiger partial charge in [0.2, 0.25) is 0 Å². The van der Waals surface area contributed by atoms with Crippen molar-refractivity contribution in [2.75, 3.05) is 21.3 Å². The van der Waals surface area contributed by atoms with Gasteiger partial charge in [-0.1, -0.05) is 121 Å². The molecule has 0 amide bonds. The largest absolute Gasteiger partial charge is 2.00 e. The molecule has 0 saturated carbocycles. The molecule has 9 nitrogen and oxygen atoms in total. The van der Waals surface area contributed by atoms with Crippen molar-refractivity contribution in [2.24, 2.45) is 0 Å². The van der Waals surface area contributed by atoms with Crippen molar-refractivity contribution in [1.82, 2.24) is 29.9 Å². The van der Waals surface area contributed by atoms with Gasteiger partial charge in [-0.15, -0.1) is 0 Å². The molecule has 0 atom stereocenters. The van der Waals surface area contributed by atoms with Crippen LogP contribution in [-0.2, 0) is 16.8 Å². The molecular weight excluding hydrogens is 1100 g/mol. The first-order valence-corrected chi connectivity index (χ1v) is 24.3. The van der Waals surface area contributed by atoms with Gasteiger partial charge >= 0.3 is 31.3 Å². The Labute approximate surface area is 472 Å². The molecule has 413 valence electrons. The number of hydrogen-bond donors (Lipinski definition) is 3. The summed E-state index contributed by atoms with van der Waals surface area (Å²) in [5, 5.41) is 30.8. The molecule has 0 aliphatic heterocycles. The molecule has 0 saturated heterocycles. The maximum absolute atomic E-state index is 9.75. The summed E-state index contributed by atoms with van der Waals surface area (Å²) in [6.45, 7) is 0. The third-order valence-electron chi connectivity index (χ3n) is 11.5. The fourth-order valence-electron chi connectivity index (χ4n) is 8.58. The second kappa shape index (κ2) is 30.5. The SMILES string of the molecule is CO.CO.CO.F[B-](F)(F)F.F[B-](F)(F)F.[Co+2].c1ccc(-c2cc(-c3c4ccccc4cc4ccccc34)cc(-c3ccccn3)n2)nc1.c1ccc(-c2cc(-c3c4ccccc4cc4ccccc34)cc(-c3ccccn3)n2)nc1. The summed E-state index contributed by atoms with van der Waals surface area (Å²) >= 11 is 0. The minimum absolute atomic E-state index is 0. The molecule has 6 aromatic heterocycles. The molecule has 0 aliphatic rings. The van der Waals surface area contributed by atoms with E-state index in [1.54, 1.807) is 24.8 Å². The van der Waals surface area contributed by atoms with Crippen molar-refractivity contribution in [3.8, 4) is 67.8 Å². The van der Waals surface area contributed by atoms with Crippen LogP contribution in [0.3, 0.4) is 0 Å². The number of hydrogen-bond acceptors (Lipinski definition) is 9. The maximum atomic E-state index is 9.75. The van der Waals surface area contributed by atoms with Crippen LogP contribution in [0.15, 0.2) is 231 Å². The van der Waals surface area contributed by atoms with Gasteiger partial charge < -0.3 is 49.8 Å². The Morgan fingerprint density at radius 3 is 0.667 bits per heavy atom. The van der Waals surface area contributed by atoms with E-state index in [2.05, 4.69) is 153 Å². The molecule has 0 aliphatic carbocycles. The number of aliphatic hydroxyl groups is 3. The van der Waals surface area contributed by atoms with E-state index in [9.17, 15) is 34.5 Å². The molecule has 1 radical (unpaired) electrons. The molecular formula is C61H50B2CoF8N6O3. The number of pyridine rings is 6. The van der Waals surface area contributed by atoms with Crippen LogP contribution in [0, 0.1) is 0 Å². The minimum atomic E-state index is -6.00. The first kappa shape index (κ1) is 63.1. The molecule has 3 N–H and O–H groups in total. The first-order chi connectivity index (χ1) is 38.7. The van der Waals surface area contributed by atoms with Gasteiger partial charge in [0.05, 0.1) is 45.6 Å². The predicted molar refractivity (Wildman–Crippen MR) is 307 cm³/mol. The van der Waals surface area contributed by atoms with Crippen LogP contribution in [0.5, 0.6) is 0 Å². The van der Waals surface area contributed by atoms with Gasteiger partial charge in [-0.05, 0) is 150 Å². The smallest absolute Gasteiger partial charge is 0.418 e. The molecule has 20 heteroatoms. The zero-order valence-corrected chi connectivity index (χ0v) is 44.5. The van der Waals surface area contributed by atoms with Crippen molar-refractivity contribution in [1.29, 1.82) is 0 Å². The van der Waals surface area contributed by atoms with Crippen LogP contribution >= 0.6 is 0 Å². The predicted octanol–water partition coefficient (Wildman–Crippen LogP) is 15.8. The minimum Gasteiger partial charge on any atom is -0.418 e. The Kier molecular flexibility index (Phi) is 23.8. The fourth-order valence-corrected chi connectivity index (χ4v) is 8.58. The topological polar surface area (TPSA) is 138 Å². The van der Waals surface area contributed by atoms with Crippen LogP contribution in [-0.4, -0.2) is 81.1 Å². The van der Waals surface area contributed by atoms with Crippen LogP contribution in [0.4, 0.5) is 34.5 Å². The standard InChI is InChI=1S/2C29H19N3.3CH4O.2BF4.Co/c2*1-3-11-23-20(9-1)17-21-10-2-4-12-24(21)29(23)22-18-27(25-13-5-7-15-30-25)32-28(19-22)26-14-6-8-16-31-26;3*1-2;2*2-1(3,4)5;/h2*1-19H;3*2H,1H3;;;/q;;;;;2*-1;+2. The second-order valence-electron chi connectivity index (χ2n) is 16.5. The number of halogens is 8. The number of aromatic nitrogens is 6. The summed E-state index contributed by atoms with van der Waals surface area (Å²) < 4.78 is 78.0. The molecule has 81 heavy (non-hydrogen) atoms. The van der Waals surface area contributed by atoms with Gasteiger partial charge in [0, 0.05) is 46.1 Å². The van der Waals surface area contributed by atoms with Crippen molar-refractivity contribution >= 4 is 57.6 Å². The van der Waals surface area contributed by atoms with E-state index in [0.29, 0.717) is 0 Å². The first-order valence-electron chi connectivity index (χ1n) is 24.3. The van der Waals surface area contributed by atoms with Crippen molar-refractivity contribution in [2.45, 2.75) is 0 Å². The molecule has 12 rings (SSSR count). The van der Waals surface area contributed by atoms with Gasteiger partial charge in [0.1, 0.15) is 0 Å². The van der Waals surface area contributed by atoms with Crippen molar-refractivity contribution in [3.63, 3.8) is 0 Å². The molecule has 0 bridgehead atoms. The Morgan fingerprint density at radius 2 is 0.469 bits per heavy atom. The molecule has 6 heterocycles. The summed E-state index contributed by atoms with van der Waals surface area (Å²) in [5.74, 6) is 0. The average Bonchev–Trinajstić information content (AvgIpc) is 3.53. The monoisotopic (exact) mass is 1150 g/mol. The summed E-state index contributed by atoms with van der Waals surface area (Å²) in [7, 11) is -9.00. The van der Waals surface area contributed by atoms with Gasteiger partial charge in [-0.2, -0.15) is 0 Å². The molecule has 0 spiro atoms. The molecule has 0 fully saturated rings. The Bertz CT molecular complexity index is 3390. The zero-order chi connectivity index (χ0) is 57.7. The third-order valence-corrected chi connectivity index (χ3v) is 11.5.